The average molecular weight is 501 g/mol. The summed E-state index contributed by atoms with van der Waals surface area (Å²) in [4.78, 5) is 36.3. The summed E-state index contributed by atoms with van der Waals surface area (Å²) in [7, 11) is 0. The van der Waals surface area contributed by atoms with Gasteiger partial charge in [-0.3, -0.25) is 14.6 Å². The van der Waals surface area contributed by atoms with Crippen LogP contribution >= 0.6 is 0 Å². The number of aromatic nitrogens is 3. The first kappa shape index (κ1) is 23.4. The van der Waals surface area contributed by atoms with Gasteiger partial charge in [0.25, 0.3) is 5.56 Å². The van der Waals surface area contributed by atoms with Gasteiger partial charge in [-0.1, -0.05) is 0 Å². The van der Waals surface area contributed by atoms with E-state index in [-0.39, 0.29) is 29.3 Å². The van der Waals surface area contributed by atoms with E-state index >= 15 is 0 Å². The van der Waals surface area contributed by atoms with E-state index in [1.54, 1.807) is 12.3 Å². The van der Waals surface area contributed by atoms with Crippen molar-refractivity contribution < 1.29 is 18.7 Å². The molecule has 2 unspecified atom stereocenters. The van der Waals surface area contributed by atoms with E-state index in [9.17, 15) is 14.0 Å². The molecule has 0 saturated carbocycles. The largest absolute Gasteiger partial charge is 0.476 e. The van der Waals surface area contributed by atoms with E-state index in [1.165, 1.54) is 0 Å². The summed E-state index contributed by atoms with van der Waals surface area (Å²) in [5.74, 6) is 0.969. The Morgan fingerprint density at radius 1 is 1.25 bits per heavy atom. The van der Waals surface area contributed by atoms with Crippen molar-refractivity contribution in [2.24, 2.45) is 0 Å². The van der Waals surface area contributed by atoms with E-state index in [0.717, 1.165) is 25.8 Å². The number of piperidine rings is 1. The van der Waals surface area contributed by atoms with Gasteiger partial charge in [0.15, 0.2) is 0 Å². The molecule has 0 aromatic carbocycles. The van der Waals surface area contributed by atoms with Crippen LogP contribution < -0.4 is 15.2 Å². The zero-order chi connectivity index (χ0) is 25.2. The molecule has 7 heterocycles. The standard InChI is InChI=1S/C25H33FN6O4/c1-24(2,3)36-23(34)32-16-7-17(32)13-30(12-16)21-19-10-27-29-22(33)18(19)8-20(28-21)35-14-25-5-4-6-31(25)11-15(26)9-25/h8,10,15-17H,4-7,9,11-14H2,1-3H3,(H,29,33)/t15-,16?,17?,25+/m0/s1. The summed E-state index contributed by atoms with van der Waals surface area (Å²) in [6.45, 7) is 8.43. The van der Waals surface area contributed by atoms with Gasteiger partial charge in [-0.25, -0.2) is 14.3 Å². The lowest BCUT2D eigenvalue weighted by atomic mass is 9.88. The monoisotopic (exact) mass is 500 g/mol. The normalized spacial score (nSPS) is 29.8. The van der Waals surface area contributed by atoms with Gasteiger partial charge in [-0.05, 0) is 46.6 Å². The number of ether oxygens (including phenoxy) is 2. The molecule has 11 heteroatoms. The number of H-pyrrole nitrogens is 1. The second-order valence-corrected chi connectivity index (χ2v) is 11.6. The van der Waals surface area contributed by atoms with E-state index in [1.807, 2.05) is 25.7 Å². The Hall–Kier alpha value is -2.95. The van der Waals surface area contributed by atoms with Gasteiger partial charge >= 0.3 is 6.09 Å². The number of hydrogen-bond acceptors (Lipinski definition) is 8. The molecule has 0 aliphatic carbocycles. The summed E-state index contributed by atoms with van der Waals surface area (Å²) in [6, 6.07) is 1.68. The molecule has 7 rings (SSSR count). The van der Waals surface area contributed by atoms with Crippen LogP contribution in [0.1, 0.15) is 46.5 Å². The Morgan fingerprint density at radius 3 is 2.78 bits per heavy atom. The molecule has 2 aromatic heterocycles. The molecule has 0 spiro atoms. The van der Waals surface area contributed by atoms with Crippen molar-refractivity contribution in [2.45, 2.75) is 75.8 Å². The molecule has 194 valence electrons. The second-order valence-electron chi connectivity index (χ2n) is 11.6. The fourth-order valence-corrected chi connectivity index (χ4v) is 6.42. The number of anilines is 1. The summed E-state index contributed by atoms with van der Waals surface area (Å²) >= 11 is 0. The lowest BCUT2D eigenvalue weighted by Gasteiger charge is -2.56. The zero-order valence-electron chi connectivity index (χ0n) is 21.0. The van der Waals surface area contributed by atoms with Crippen molar-refractivity contribution in [1.29, 1.82) is 0 Å². The number of carbonyl (C=O) groups excluding carboxylic acids is 1. The summed E-state index contributed by atoms with van der Waals surface area (Å²) in [5.41, 5.74) is -1.17. The summed E-state index contributed by atoms with van der Waals surface area (Å²) < 4.78 is 26.0. The van der Waals surface area contributed by atoms with Crippen LogP contribution in [-0.4, -0.2) is 93.3 Å². The number of nitrogens with zero attached hydrogens (tertiary/aromatic N) is 5. The number of carbonyl (C=O) groups is 1. The molecule has 5 aliphatic heterocycles. The SMILES string of the molecule is CC(C)(C)OC(=O)N1C2CC1CN(c1nc(OC[C@]34CCCN3C[C@@H](F)C4)cc3c(=O)[nH]ncc13)C2. The Bertz CT molecular complexity index is 1240. The lowest BCUT2D eigenvalue weighted by molar-refractivity contribution is -0.0380. The van der Waals surface area contributed by atoms with Gasteiger partial charge in [0.1, 0.15) is 24.2 Å². The minimum Gasteiger partial charge on any atom is -0.476 e. The van der Waals surface area contributed by atoms with Crippen LogP contribution in [0.5, 0.6) is 5.88 Å². The predicted molar refractivity (Wildman–Crippen MR) is 131 cm³/mol. The molecule has 5 saturated heterocycles. The number of fused-ring (bicyclic) bond motifs is 4. The first-order valence-electron chi connectivity index (χ1n) is 12.8. The van der Waals surface area contributed by atoms with E-state index in [0.29, 0.717) is 55.1 Å². The minimum absolute atomic E-state index is 0.0147. The van der Waals surface area contributed by atoms with Crippen LogP contribution in [0.3, 0.4) is 0 Å². The van der Waals surface area contributed by atoms with Gasteiger partial charge < -0.3 is 14.4 Å². The molecule has 5 aliphatic rings. The maximum Gasteiger partial charge on any atom is 0.410 e. The second kappa shape index (κ2) is 8.29. The Labute approximate surface area is 208 Å². The van der Waals surface area contributed by atoms with Gasteiger partial charge in [-0.2, -0.15) is 10.1 Å². The molecular weight excluding hydrogens is 467 g/mol. The molecule has 10 nitrogen and oxygen atoms in total. The summed E-state index contributed by atoms with van der Waals surface area (Å²) in [6.07, 6.45) is 3.78. The van der Waals surface area contributed by atoms with Crippen LogP contribution in [0.15, 0.2) is 17.1 Å². The number of amides is 1. The highest BCUT2D eigenvalue weighted by Crippen LogP contribution is 2.41. The van der Waals surface area contributed by atoms with Crippen molar-refractivity contribution in [3.05, 3.63) is 22.6 Å². The molecule has 4 atom stereocenters. The molecule has 1 amide bonds. The number of piperazine rings is 1. The van der Waals surface area contributed by atoms with Crippen molar-refractivity contribution >= 4 is 22.7 Å². The van der Waals surface area contributed by atoms with Crippen LogP contribution in [0.2, 0.25) is 0 Å². The first-order chi connectivity index (χ1) is 17.1. The van der Waals surface area contributed by atoms with Crippen LogP contribution in [-0.2, 0) is 4.74 Å². The lowest BCUT2D eigenvalue weighted by Crippen LogP contribution is -2.70. The molecule has 5 fully saturated rings. The van der Waals surface area contributed by atoms with Crippen molar-refractivity contribution in [2.75, 3.05) is 37.7 Å². The summed E-state index contributed by atoms with van der Waals surface area (Å²) in [5, 5.41) is 7.58. The minimum atomic E-state index is -0.837. The molecule has 0 radical (unpaired) electrons. The first-order valence-corrected chi connectivity index (χ1v) is 12.8. The van der Waals surface area contributed by atoms with E-state index in [2.05, 4.69) is 20.0 Å². The fraction of sp³-hybridized carbons (Fsp3) is 0.680. The predicted octanol–water partition coefficient (Wildman–Crippen LogP) is 2.47. The van der Waals surface area contributed by atoms with Crippen LogP contribution in [0, 0.1) is 0 Å². The average Bonchev–Trinajstić information content (AvgIpc) is 3.32. The van der Waals surface area contributed by atoms with Crippen molar-refractivity contribution in [1.82, 2.24) is 25.0 Å². The van der Waals surface area contributed by atoms with Gasteiger partial charge in [0.2, 0.25) is 5.88 Å². The molecular formula is C25H33FN6O4. The maximum atomic E-state index is 14.2. The Kier molecular flexibility index (Phi) is 5.40. The Balaban J connectivity index is 1.25. The van der Waals surface area contributed by atoms with Crippen molar-refractivity contribution in [3.63, 3.8) is 0 Å². The number of rotatable bonds is 4. The number of aromatic amines is 1. The number of nitrogens with one attached hydrogen (secondary N) is 1. The van der Waals surface area contributed by atoms with E-state index in [4.69, 9.17) is 14.5 Å². The highest BCUT2D eigenvalue weighted by molar-refractivity contribution is 5.92. The molecule has 36 heavy (non-hydrogen) atoms. The Morgan fingerprint density at radius 2 is 2.03 bits per heavy atom. The van der Waals surface area contributed by atoms with Gasteiger partial charge in [-0.15, -0.1) is 0 Å². The third-order valence-electron chi connectivity index (χ3n) is 7.97. The van der Waals surface area contributed by atoms with E-state index < -0.39 is 11.8 Å². The maximum absolute atomic E-state index is 14.2. The topological polar surface area (TPSA) is 104 Å². The van der Waals surface area contributed by atoms with Gasteiger partial charge in [0, 0.05) is 32.1 Å². The van der Waals surface area contributed by atoms with Crippen molar-refractivity contribution in [3.8, 4) is 5.88 Å². The number of hydrogen-bond donors (Lipinski definition) is 1. The highest BCUT2D eigenvalue weighted by atomic mass is 19.1. The fourth-order valence-electron chi connectivity index (χ4n) is 6.42. The number of halogens is 1. The molecule has 2 bridgehead atoms. The molecule has 1 N–H and O–H groups in total. The number of alkyl halides is 1. The van der Waals surface area contributed by atoms with Crippen LogP contribution in [0.25, 0.3) is 10.8 Å². The quantitative estimate of drug-likeness (QED) is 0.683. The number of pyridine rings is 1. The van der Waals surface area contributed by atoms with Gasteiger partial charge in [0.05, 0.1) is 34.6 Å². The highest BCUT2D eigenvalue weighted by Gasteiger charge is 2.50. The third-order valence-corrected chi connectivity index (χ3v) is 7.97. The zero-order valence-corrected chi connectivity index (χ0v) is 21.0. The third kappa shape index (κ3) is 3.97. The molecule has 2 aromatic rings. The smallest absolute Gasteiger partial charge is 0.410 e. The van der Waals surface area contributed by atoms with Crippen LogP contribution in [0.4, 0.5) is 15.0 Å².